The van der Waals surface area contributed by atoms with Gasteiger partial charge in [-0.05, 0) is 24.3 Å². The van der Waals surface area contributed by atoms with Crippen molar-refractivity contribution in [3.8, 4) is 0 Å². The van der Waals surface area contributed by atoms with Crippen LogP contribution in [0.1, 0.15) is 16.1 Å². The SMILES string of the molecule is O=C(N/N=C/c1c[nH]c2ccccc2c1=O)c1cc2ccccc2[nH]1. The smallest absolute Gasteiger partial charge is 0.287 e. The Balaban J connectivity index is 1.55. The van der Waals surface area contributed by atoms with Crippen LogP contribution < -0.4 is 10.9 Å². The minimum Gasteiger partial charge on any atom is -0.360 e. The lowest BCUT2D eigenvalue weighted by atomic mass is 10.1. The second-order valence-electron chi connectivity index (χ2n) is 5.59. The number of amides is 1. The van der Waals surface area contributed by atoms with Crippen LogP contribution in [-0.4, -0.2) is 22.1 Å². The van der Waals surface area contributed by atoms with Gasteiger partial charge in [0.1, 0.15) is 5.69 Å². The van der Waals surface area contributed by atoms with Crippen LogP contribution in [0.4, 0.5) is 0 Å². The van der Waals surface area contributed by atoms with Gasteiger partial charge in [-0.25, -0.2) is 5.43 Å². The number of H-pyrrole nitrogens is 2. The number of hydrogen-bond donors (Lipinski definition) is 3. The number of pyridine rings is 1. The summed E-state index contributed by atoms with van der Waals surface area (Å²) in [6, 6.07) is 16.6. The molecule has 4 aromatic rings. The molecule has 2 heterocycles. The number of aromatic amines is 2. The number of aromatic nitrogens is 2. The average Bonchev–Trinajstić information content (AvgIpc) is 3.08. The Morgan fingerprint density at radius 2 is 1.80 bits per heavy atom. The van der Waals surface area contributed by atoms with Crippen molar-refractivity contribution >= 4 is 33.9 Å². The number of rotatable bonds is 3. The molecule has 3 N–H and O–H groups in total. The molecule has 0 unspecified atom stereocenters. The van der Waals surface area contributed by atoms with Crippen LogP contribution in [-0.2, 0) is 0 Å². The van der Waals surface area contributed by atoms with Crippen molar-refractivity contribution in [2.45, 2.75) is 0 Å². The van der Waals surface area contributed by atoms with Crippen LogP contribution in [0.3, 0.4) is 0 Å². The standard InChI is InChI=1S/C19H14N4O2/c24-18-13(10-20-16-8-4-2-6-14(16)18)11-21-23-19(25)17-9-12-5-1-3-7-15(12)22-17/h1-11,22H,(H,20,24)(H,23,25)/b21-11+. The zero-order valence-electron chi connectivity index (χ0n) is 13.1. The third kappa shape index (κ3) is 2.81. The van der Waals surface area contributed by atoms with Crippen molar-refractivity contribution in [2.24, 2.45) is 5.10 Å². The molecular weight excluding hydrogens is 316 g/mol. The van der Waals surface area contributed by atoms with Crippen LogP contribution in [0, 0.1) is 0 Å². The molecule has 0 fully saturated rings. The van der Waals surface area contributed by atoms with E-state index in [1.165, 1.54) is 6.21 Å². The summed E-state index contributed by atoms with van der Waals surface area (Å²) < 4.78 is 0. The van der Waals surface area contributed by atoms with E-state index in [0.29, 0.717) is 16.6 Å². The summed E-state index contributed by atoms with van der Waals surface area (Å²) in [4.78, 5) is 30.6. The van der Waals surface area contributed by atoms with Gasteiger partial charge in [0.15, 0.2) is 5.43 Å². The maximum absolute atomic E-state index is 12.4. The fraction of sp³-hybridized carbons (Fsp3) is 0. The lowest BCUT2D eigenvalue weighted by Crippen LogP contribution is -2.19. The number of carbonyl (C=O) groups excluding carboxylic acids is 1. The van der Waals surface area contributed by atoms with Crippen LogP contribution in [0.5, 0.6) is 0 Å². The Hall–Kier alpha value is -3.67. The van der Waals surface area contributed by atoms with E-state index in [9.17, 15) is 9.59 Å². The highest BCUT2D eigenvalue weighted by atomic mass is 16.2. The van der Waals surface area contributed by atoms with E-state index in [1.807, 2.05) is 36.4 Å². The summed E-state index contributed by atoms with van der Waals surface area (Å²) in [7, 11) is 0. The van der Waals surface area contributed by atoms with Crippen molar-refractivity contribution in [3.63, 3.8) is 0 Å². The van der Waals surface area contributed by atoms with Gasteiger partial charge in [-0.3, -0.25) is 9.59 Å². The van der Waals surface area contributed by atoms with Crippen LogP contribution in [0.25, 0.3) is 21.8 Å². The molecule has 122 valence electrons. The zero-order valence-corrected chi connectivity index (χ0v) is 13.1. The molecule has 0 atom stereocenters. The van der Waals surface area contributed by atoms with Gasteiger partial charge in [-0.1, -0.05) is 30.3 Å². The van der Waals surface area contributed by atoms with Crippen LogP contribution in [0.15, 0.2) is 70.7 Å². The highest BCUT2D eigenvalue weighted by Crippen LogP contribution is 2.14. The van der Waals surface area contributed by atoms with Crippen molar-refractivity contribution in [3.05, 3.63) is 82.3 Å². The molecule has 0 bridgehead atoms. The molecule has 0 radical (unpaired) electrons. The molecule has 0 saturated carbocycles. The predicted octanol–water partition coefficient (Wildman–Crippen LogP) is 2.77. The summed E-state index contributed by atoms with van der Waals surface area (Å²) in [6.45, 7) is 0. The van der Waals surface area contributed by atoms with Gasteiger partial charge in [0.05, 0.1) is 11.8 Å². The lowest BCUT2D eigenvalue weighted by molar-refractivity contribution is 0.0951. The zero-order chi connectivity index (χ0) is 17.2. The van der Waals surface area contributed by atoms with Gasteiger partial charge in [0.2, 0.25) is 0 Å². The minimum absolute atomic E-state index is 0.141. The number of hydrazone groups is 1. The molecule has 0 saturated heterocycles. The number of carbonyl (C=O) groups is 1. The maximum Gasteiger partial charge on any atom is 0.287 e. The molecule has 2 aromatic carbocycles. The van der Waals surface area contributed by atoms with E-state index in [1.54, 1.807) is 24.4 Å². The third-order valence-corrected chi connectivity index (χ3v) is 3.96. The fourth-order valence-electron chi connectivity index (χ4n) is 2.70. The number of para-hydroxylation sites is 2. The third-order valence-electron chi connectivity index (χ3n) is 3.96. The van der Waals surface area contributed by atoms with Crippen LogP contribution in [0.2, 0.25) is 0 Å². The number of benzene rings is 2. The van der Waals surface area contributed by atoms with Crippen molar-refractivity contribution < 1.29 is 4.79 Å². The van der Waals surface area contributed by atoms with Gasteiger partial charge >= 0.3 is 0 Å². The van der Waals surface area contributed by atoms with Gasteiger partial charge in [0, 0.05) is 28.0 Å². The minimum atomic E-state index is -0.371. The summed E-state index contributed by atoms with van der Waals surface area (Å²) in [5.74, 6) is -0.371. The van der Waals surface area contributed by atoms with Gasteiger partial charge in [-0.2, -0.15) is 5.10 Å². The highest BCUT2D eigenvalue weighted by Gasteiger charge is 2.08. The van der Waals surface area contributed by atoms with E-state index in [0.717, 1.165) is 16.4 Å². The Labute approximate surface area is 142 Å². The summed E-state index contributed by atoms with van der Waals surface area (Å²) >= 11 is 0. The average molecular weight is 330 g/mol. The summed E-state index contributed by atoms with van der Waals surface area (Å²) in [6.07, 6.45) is 2.91. The summed E-state index contributed by atoms with van der Waals surface area (Å²) in [5.41, 5.74) is 4.70. The fourth-order valence-corrected chi connectivity index (χ4v) is 2.70. The second-order valence-corrected chi connectivity index (χ2v) is 5.59. The molecule has 0 aliphatic carbocycles. The maximum atomic E-state index is 12.4. The number of nitrogens with one attached hydrogen (secondary N) is 3. The Kier molecular flexibility index (Phi) is 3.63. The van der Waals surface area contributed by atoms with Crippen LogP contribution >= 0.6 is 0 Å². The van der Waals surface area contributed by atoms with E-state index in [4.69, 9.17) is 0 Å². The van der Waals surface area contributed by atoms with Crippen molar-refractivity contribution in [2.75, 3.05) is 0 Å². The van der Waals surface area contributed by atoms with Crippen molar-refractivity contribution in [1.29, 1.82) is 0 Å². The molecule has 0 aliphatic heterocycles. The first-order valence-electron chi connectivity index (χ1n) is 7.74. The normalized spacial score (nSPS) is 11.4. The second kappa shape index (κ2) is 6.09. The predicted molar refractivity (Wildman–Crippen MR) is 97.9 cm³/mol. The number of fused-ring (bicyclic) bond motifs is 2. The lowest BCUT2D eigenvalue weighted by Gasteiger charge is -1.99. The first-order chi connectivity index (χ1) is 12.2. The molecule has 0 spiro atoms. The van der Waals surface area contributed by atoms with Crippen molar-refractivity contribution in [1.82, 2.24) is 15.4 Å². The number of hydrogen-bond acceptors (Lipinski definition) is 3. The highest BCUT2D eigenvalue weighted by molar-refractivity contribution is 5.98. The Bertz CT molecular complexity index is 1140. The molecule has 2 aromatic heterocycles. The van der Waals surface area contributed by atoms with E-state index in [-0.39, 0.29) is 11.3 Å². The van der Waals surface area contributed by atoms with Gasteiger partial charge < -0.3 is 9.97 Å². The first-order valence-corrected chi connectivity index (χ1v) is 7.74. The Morgan fingerprint density at radius 1 is 1.04 bits per heavy atom. The molecule has 25 heavy (non-hydrogen) atoms. The molecule has 6 nitrogen and oxygen atoms in total. The molecule has 0 aliphatic rings. The molecule has 4 rings (SSSR count). The number of nitrogens with zero attached hydrogens (tertiary/aromatic N) is 1. The van der Waals surface area contributed by atoms with E-state index >= 15 is 0 Å². The Morgan fingerprint density at radius 3 is 2.64 bits per heavy atom. The first kappa shape index (κ1) is 14.9. The largest absolute Gasteiger partial charge is 0.360 e. The van der Waals surface area contributed by atoms with E-state index in [2.05, 4.69) is 20.5 Å². The topological polar surface area (TPSA) is 90.1 Å². The molecule has 1 amide bonds. The quantitative estimate of drug-likeness (QED) is 0.398. The molecule has 6 heteroatoms. The van der Waals surface area contributed by atoms with Gasteiger partial charge in [0.25, 0.3) is 5.91 Å². The monoisotopic (exact) mass is 330 g/mol. The van der Waals surface area contributed by atoms with E-state index < -0.39 is 0 Å². The molecular formula is C19H14N4O2. The summed E-state index contributed by atoms with van der Waals surface area (Å²) in [5, 5.41) is 5.42. The van der Waals surface area contributed by atoms with Gasteiger partial charge in [-0.15, -0.1) is 0 Å².